The third kappa shape index (κ3) is 2.19. The van der Waals surface area contributed by atoms with Gasteiger partial charge >= 0.3 is 5.97 Å². The van der Waals surface area contributed by atoms with E-state index in [9.17, 15) is 4.79 Å². The van der Waals surface area contributed by atoms with E-state index in [-0.39, 0.29) is 6.10 Å². The Bertz CT molecular complexity index is 153. The summed E-state index contributed by atoms with van der Waals surface area (Å²) in [5, 5.41) is 8.80. The van der Waals surface area contributed by atoms with E-state index in [1.165, 1.54) is 0 Å². The SMILES string of the molecule is CCCCC(C(=O)O)C1COO1. The van der Waals surface area contributed by atoms with Gasteiger partial charge in [0.15, 0.2) is 0 Å². The van der Waals surface area contributed by atoms with Crippen LogP contribution in [0.1, 0.15) is 26.2 Å². The van der Waals surface area contributed by atoms with Crippen LogP contribution in [0.5, 0.6) is 0 Å². The molecule has 0 spiro atoms. The maximum Gasteiger partial charge on any atom is 0.309 e. The minimum atomic E-state index is -0.781. The lowest BCUT2D eigenvalue weighted by molar-refractivity contribution is -0.432. The predicted molar refractivity (Wildman–Crippen MR) is 41.5 cm³/mol. The highest BCUT2D eigenvalue weighted by Crippen LogP contribution is 2.22. The summed E-state index contributed by atoms with van der Waals surface area (Å²) in [5.41, 5.74) is 0. The monoisotopic (exact) mass is 174 g/mol. The van der Waals surface area contributed by atoms with Gasteiger partial charge in [0.2, 0.25) is 0 Å². The fourth-order valence-electron chi connectivity index (χ4n) is 1.22. The summed E-state index contributed by atoms with van der Waals surface area (Å²) in [5.74, 6) is -1.17. The first-order valence-electron chi connectivity index (χ1n) is 4.26. The molecule has 0 saturated carbocycles. The molecule has 1 aliphatic heterocycles. The number of carboxylic acids is 1. The molecule has 1 heterocycles. The number of aliphatic carboxylic acids is 1. The molecule has 1 fully saturated rings. The summed E-state index contributed by atoms with van der Waals surface area (Å²) < 4.78 is 0. The third-order valence-electron chi connectivity index (χ3n) is 2.06. The second-order valence-corrected chi connectivity index (χ2v) is 3.01. The topological polar surface area (TPSA) is 55.8 Å². The summed E-state index contributed by atoms with van der Waals surface area (Å²) >= 11 is 0. The molecule has 0 aliphatic carbocycles. The van der Waals surface area contributed by atoms with E-state index in [0.29, 0.717) is 13.0 Å². The van der Waals surface area contributed by atoms with E-state index in [1.807, 2.05) is 6.92 Å². The van der Waals surface area contributed by atoms with Gasteiger partial charge in [-0.25, -0.2) is 9.78 Å². The predicted octanol–water partition coefficient (Wildman–Crippen LogP) is 1.21. The number of hydrogen-bond donors (Lipinski definition) is 1. The zero-order valence-electron chi connectivity index (χ0n) is 7.16. The summed E-state index contributed by atoms with van der Waals surface area (Å²) in [6, 6.07) is 0. The minimum Gasteiger partial charge on any atom is -0.481 e. The highest BCUT2D eigenvalue weighted by molar-refractivity contribution is 5.70. The normalized spacial score (nSPS) is 24.6. The van der Waals surface area contributed by atoms with Crippen LogP contribution in [-0.4, -0.2) is 23.8 Å². The molecule has 70 valence electrons. The average Bonchev–Trinajstić information content (AvgIpc) is 1.93. The van der Waals surface area contributed by atoms with Crippen LogP contribution < -0.4 is 0 Å². The smallest absolute Gasteiger partial charge is 0.309 e. The van der Waals surface area contributed by atoms with Crippen molar-refractivity contribution in [1.82, 2.24) is 0 Å². The first kappa shape index (κ1) is 9.48. The second-order valence-electron chi connectivity index (χ2n) is 3.01. The maximum atomic E-state index is 10.7. The van der Waals surface area contributed by atoms with E-state index in [4.69, 9.17) is 5.11 Å². The van der Waals surface area contributed by atoms with Gasteiger partial charge < -0.3 is 5.11 Å². The summed E-state index contributed by atoms with van der Waals surface area (Å²) in [7, 11) is 0. The number of carboxylic acid groups (broad SMARTS) is 1. The van der Waals surface area contributed by atoms with Crippen LogP contribution in [0.25, 0.3) is 0 Å². The number of rotatable bonds is 5. The standard InChI is InChI=1S/C8H14O4/c1-2-3-4-6(8(9)10)7-5-11-12-7/h6-7H,2-5H2,1H3,(H,9,10). The largest absolute Gasteiger partial charge is 0.481 e. The van der Waals surface area contributed by atoms with Crippen LogP contribution in [0.4, 0.5) is 0 Å². The lowest BCUT2D eigenvalue weighted by Gasteiger charge is -2.29. The summed E-state index contributed by atoms with van der Waals surface area (Å²) in [6.45, 7) is 2.46. The van der Waals surface area contributed by atoms with Crippen molar-refractivity contribution in [1.29, 1.82) is 0 Å². The first-order chi connectivity index (χ1) is 5.75. The molecule has 2 atom stereocenters. The Balaban J connectivity index is 2.32. The van der Waals surface area contributed by atoms with Crippen LogP contribution >= 0.6 is 0 Å². The Morgan fingerprint density at radius 3 is 2.75 bits per heavy atom. The van der Waals surface area contributed by atoms with Crippen LogP contribution in [0, 0.1) is 5.92 Å². The van der Waals surface area contributed by atoms with Crippen LogP contribution in [0.15, 0.2) is 0 Å². The molecule has 2 unspecified atom stereocenters. The molecule has 0 amide bonds. The fraction of sp³-hybridized carbons (Fsp3) is 0.875. The van der Waals surface area contributed by atoms with E-state index in [1.54, 1.807) is 0 Å². The van der Waals surface area contributed by atoms with Gasteiger partial charge in [-0.1, -0.05) is 19.8 Å². The van der Waals surface area contributed by atoms with Crippen molar-refractivity contribution in [2.75, 3.05) is 6.61 Å². The van der Waals surface area contributed by atoms with Crippen molar-refractivity contribution in [3.05, 3.63) is 0 Å². The molecule has 1 aliphatic rings. The Morgan fingerprint density at radius 2 is 2.42 bits per heavy atom. The molecule has 12 heavy (non-hydrogen) atoms. The molecule has 0 aromatic heterocycles. The molecule has 0 bridgehead atoms. The second kappa shape index (κ2) is 4.42. The highest BCUT2D eigenvalue weighted by atomic mass is 17.2. The van der Waals surface area contributed by atoms with Crippen LogP contribution in [0.2, 0.25) is 0 Å². The highest BCUT2D eigenvalue weighted by Gasteiger charge is 2.35. The van der Waals surface area contributed by atoms with Gasteiger partial charge in [-0.15, -0.1) is 0 Å². The van der Waals surface area contributed by atoms with Crippen molar-refractivity contribution in [3.63, 3.8) is 0 Å². The summed E-state index contributed by atoms with van der Waals surface area (Å²) in [6.07, 6.45) is 2.39. The first-order valence-corrected chi connectivity index (χ1v) is 4.26. The molecule has 0 aromatic rings. The molecule has 1 saturated heterocycles. The molecule has 4 heteroatoms. The van der Waals surface area contributed by atoms with Gasteiger partial charge in [0.25, 0.3) is 0 Å². The van der Waals surface area contributed by atoms with Gasteiger partial charge in [0, 0.05) is 0 Å². The molecule has 1 rings (SSSR count). The summed E-state index contributed by atoms with van der Waals surface area (Å²) in [4.78, 5) is 19.9. The van der Waals surface area contributed by atoms with Crippen molar-refractivity contribution in [2.24, 2.45) is 5.92 Å². The van der Waals surface area contributed by atoms with Gasteiger partial charge in [-0.2, -0.15) is 0 Å². The molecule has 4 nitrogen and oxygen atoms in total. The van der Waals surface area contributed by atoms with Crippen molar-refractivity contribution >= 4 is 5.97 Å². The Labute approximate surface area is 71.4 Å². The van der Waals surface area contributed by atoms with Crippen LogP contribution in [0.3, 0.4) is 0 Å². The zero-order valence-corrected chi connectivity index (χ0v) is 7.16. The number of carbonyl (C=O) groups is 1. The Morgan fingerprint density at radius 1 is 1.75 bits per heavy atom. The quantitative estimate of drug-likeness (QED) is 0.636. The average molecular weight is 174 g/mol. The Hall–Kier alpha value is -0.610. The van der Waals surface area contributed by atoms with Crippen molar-refractivity contribution < 1.29 is 19.7 Å². The van der Waals surface area contributed by atoms with Gasteiger partial charge in [0.1, 0.15) is 12.7 Å². The number of hydrogen-bond acceptors (Lipinski definition) is 3. The molecule has 0 aromatic carbocycles. The van der Waals surface area contributed by atoms with E-state index < -0.39 is 11.9 Å². The molecular formula is C8H14O4. The molecular weight excluding hydrogens is 160 g/mol. The fourth-order valence-corrected chi connectivity index (χ4v) is 1.22. The minimum absolute atomic E-state index is 0.228. The van der Waals surface area contributed by atoms with E-state index in [0.717, 1.165) is 12.8 Å². The van der Waals surface area contributed by atoms with Crippen LogP contribution in [-0.2, 0) is 14.6 Å². The van der Waals surface area contributed by atoms with E-state index in [2.05, 4.69) is 9.78 Å². The van der Waals surface area contributed by atoms with E-state index >= 15 is 0 Å². The van der Waals surface area contributed by atoms with Crippen molar-refractivity contribution in [3.8, 4) is 0 Å². The molecule has 0 radical (unpaired) electrons. The lowest BCUT2D eigenvalue weighted by Crippen LogP contribution is -2.41. The van der Waals surface area contributed by atoms with Gasteiger partial charge in [-0.05, 0) is 6.42 Å². The van der Waals surface area contributed by atoms with Crippen molar-refractivity contribution in [2.45, 2.75) is 32.3 Å². The lowest BCUT2D eigenvalue weighted by atomic mass is 9.96. The molecule has 1 N–H and O–H groups in total. The third-order valence-corrected chi connectivity index (χ3v) is 2.06. The van der Waals surface area contributed by atoms with Gasteiger partial charge in [0.05, 0.1) is 5.92 Å². The zero-order chi connectivity index (χ0) is 8.97. The van der Waals surface area contributed by atoms with Gasteiger partial charge in [-0.3, -0.25) is 4.79 Å². The number of unbranched alkanes of at least 4 members (excludes halogenated alkanes) is 1. The maximum absolute atomic E-state index is 10.7. The Kier molecular flexibility index (Phi) is 3.49.